The van der Waals surface area contributed by atoms with Gasteiger partial charge in [-0.25, -0.2) is 9.18 Å². The first-order valence-electron chi connectivity index (χ1n) is 14.2. The summed E-state index contributed by atoms with van der Waals surface area (Å²) in [4.78, 5) is 55.9. The van der Waals surface area contributed by atoms with Gasteiger partial charge in [-0.05, 0) is 49.9 Å². The van der Waals surface area contributed by atoms with Crippen LogP contribution in [0.1, 0.15) is 49.5 Å². The van der Waals surface area contributed by atoms with Crippen LogP contribution >= 0.6 is 0 Å². The van der Waals surface area contributed by atoms with Gasteiger partial charge in [-0.3, -0.25) is 19.3 Å². The van der Waals surface area contributed by atoms with Crippen LogP contribution in [-0.2, 0) is 20.9 Å². The summed E-state index contributed by atoms with van der Waals surface area (Å²) in [6.45, 7) is 3.49. The molecule has 0 unspecified atom stereocenters. The second kappa shape index (κ2) is 13.3. The van der Waals surface area contributed by atoms with Crippen LogP contribution in [0.25, 0.3) is 10.9 Å². The zero-order valence-corrected chi connectivity index (χ0v) is 24.0. The lowest BCUT2D eigenvalue weighted by Gasteiger charge is -2.39. The Morgan fingerprint density at radius 3 is 2.37 bits per heavy atom. The number of benzene rings is 1. The third-order valence-electron chi connectivity index (χ3n) is 8.43. The van der Waals surface area contributed by atoms with E-state index in [-0.39, 0.29) is 23.5 Å². The van der Waals surface area contributed by atoms with Crippen LogP contribution in [0.2, 0.25) is 0 Å². The van der Waals surface area contributed by atoms with Crippen LogP contribution in [0.5, 0.6) is 0 Å². The molecule has 1 aromatic heterocycles. The Hall–Kier alpha value is -3.67. The van der Waals surface area contributed by atoms with E-state index < -0.39 is 24.1 Å². The number of aromatic nitrogens is 1. The zero-order valence-electron chi connectivity index (χ0n) is 24.0. The highest BCUT2D eigenvalue weighted by molar-refractivity contribution is 5.99. The molecule has 2 aliphatic rings. The largest absolute Gasteiger partial charge is 0.465 e. The topological polar surface area (TPSA) is 124 Å². The maximum Gasteiger partial charge on any atom is 0.407 e. The minimum absolute atomic E-state index is 0.0286. The summed E-state index contributed by atoms with van der Waals surface area (Å²) in [6, 6.07) is 4.49. The lowest BCUT2D eigenvalue weighted by molar-refractivity contribution is -0.140. The summed E-state index contributed by atoms with van der Waals surface area (Å²) in [5, 5.41) is 12.9. The second-order valence-corrected chi connectivity index (χ2v) is 10.9. The first-order chi connectivity index (χ1) is 19.6. The highest BCUT2D eigenvalue weighted by atomic mass is 19.1. The number of hydrogen-bond acceptors (Lipinski definition) is 5. The van der Waals surface area contributed by atoms with Crippen molar-refractivity contribution in [1.29, 1.82) is 0 Å². The van der Waals surface area contributed by atoms with Crippen LogP contribution in [0, 0.1) is 11.7 Å². The molecule has 12 heteroatoms. The van der Waals surface area contributed by atoms with Crippen LogP contribution < -0.4 is 5.32 Å². The molecule has 224 valence electrons. The summed E-state index contributed by atoms with van der Waals surface area (Å²) in [6.07, 6.45) is 3.42. The molecule has 0 spiro atoms. The van der Waals surface area contributed by atoms with Gasteiger partial charge in [0.25, 0.3) is 5.91 Å². The Labute approximate surface area is 239 Å². The standard InChI is InChI=1S/C29H40FN5O6/c1-19(32(2)29(39)40)26(36)31-25(20-7-5-4-6-8-20)28(38)34-13-11-33(12-14-34)27(37)24-17-21-9-10-22(30)18-23(21)35(24)15-16-41-3/h9-10,17-20,25H,4-8,11-16H2,1-3H3,(H,31,36)(H,39,40)/t19-,25-/m0/s1. The molecule has 1 aliphatic carbocycles. The van der Waals surface area contributed by atoms with E-state index >= 15 is 0 Å². The van der Waals surface area contributed by atoms with Crippen LogP contribution in [0.3, 0.4) is 0 Å². The average Bonchev–Trinajstić information content (AvgIpc) is 3.34. The Bertz CT molecular complexity index is 1270. The van der Waals surface area contributed by atoms with Gasteiger partial charge in [0.1, 0.15) is 23.6 Å². The smallest absolute Gasteiger partial charge is 0.407 e. The van der Waals surface area contributed by atoms with E-state index in [0.29, 0.717) is 50.5 Å². The molecular formula is C29H40FN5O6. The van der Waals surface area contributed by atoms with Gasteiger partial charge in [-0.2, -0.15) is 0 Å². The number of fused-ring (bicyclic) bond motifs is 1. The van der Waals surface area contributed by atoms with Gasteiger partial charge in [0, 0.05) is 52.3 Å². The number of nitrogens with one attached hydrogen (secondary N) is 1. The van der Waals surface area contributed by atoms with Gasteiger partial charge in [-0.1, -0.05) is 19.3 Å². The third kappa shape index (κ3) is 6.80. The van der Waals surface area contributed by atoms with Crippen molar-refractivity contribution in [2.24, 2.45) is 5.92 Å². The fourth-order valence-electron chi connectivity index (χ4n) is 5.78. The van der Waals surface area contributed by atoms with Crippen molar-refractivity contribution in [2.45, 2.75) is 57.7 Å². The number of likely N-dealkylation sites (N-methyl/N-ethyl adjacent to an activating group) is 1. The number of ether oxygens (including phenoxy) is 1. The molecule has 2 N–H and O–H groups in total. The molecule has 2 aromatic rings. The molecule has 2 heterocycles. The second-order valence-electron chi connectivity index (χ2n) is 10.9. The number of piperazine rings is 1. The number of hydrogen-bond donors (Lipinski definition) is 2. The van der Waals surface area contributed by atoms with Crippen LogP contribution in [-0.4, -0.2) is 107 Å². The van der Waals surface area contributed by atoms with Crippen molar-refractivity contribution < 1.29 is 33.4 Å². The fraction of sp³-hybridized carbons (Fsp3) is 0.586. The molecule has 4 amide bonds. The molecule has 0 bridgehead atoms. The monoisotopic (exact) mass is 573 g/mol. The average molecular weight is 574 g/mol. The van der Waals surface area contributed by atoms with Crippen LogP contribution in [0.4, 0.5) is 9.18 Å². The maximum atomic E-state index is 14.0. The van der Waals surface area contributed by atoms with E-state index in [9.17, 15) is 28.7 Å². The molecule has 4 rings (SSSR count). The predicted molar refractivity (Wildman–Crippen MR) is 150 cm³/mol. The summed E-state index contributed by atoms with van der Waals surface area (Å²) in [5.41, 5.74) is 1.05. The Balaban J connectivity index is 1.46. The first-order valence-corrected chi connectivity index (χ1v) is 14.2. The maximum absolute atomic E-state index is 14.0. The normalized spacial score (nSPS) is 17.8. The number of carbonyl (C=O) groups excluding carboxylic acids is 3. The number of carboxylic acid groups (broad SMARTS) is 1. The summed E-state index contributed by atoms with van der Waals surface area (Å²) >= 11 is 0. The van der Waals surface area contributed by atoms with Gasteiger partial charge in [0.15, 0.2) is 0 Å². The molecule has 2 atom stereocenters. The van der Waals surface area contributed by atoms with Crippen LogP contribution in [0.15, 0.2) is 24.3 Å². The van der Waals surface area contributed by atoms with Crippen molar-refractivity contribution in [1.82, 2.24) is 24.6 Å². The summed E-state index contributed by atoms with van der Waals surface area (Å²) in [7, 11) is 2.89. The van der Waals surface area contributed by atoms with Gasteiger partial charge in [-0.15, -0.1) is 0 Å². The molecule has 0 radical (unpaired) electrons. The minimum atomic E-state index is -1.22. The van der Waals surface area contributed by atoms with Crippen molar-refractivity contribution >= 4 is 34.7 Å². The highest BCUT2D eigenvalue weighted by Gasteiger charge is 2.37. The molecule has 1 saturated carbocycles. The Morgan fingerprint density at radius 2 is 1.73 bits per heavy atom. The number of methoxy groups -OCH3 is 1. The quantitative estimate of drug-likeness (QED) is 0.476. The van der Waals surface area contributed by atoms with E-state index in [2.05, 4.69) is 5.32 Å². The van der Waals surface area contributed by atoms with Crippen molar-refractivity contribution in [3.05, 3.63) is 35.8 Å². The molecule has 1 saturated heterocycles. The van der Waals surface area contributed by atoms with Crippen molar-refractivity contribution in [3.63, 3.8) is 0 Å². The number of amides is 4. The summed E-state index contributed by atoms with van der Waals surface area (Å²) in [5.74, 6) is -1.32. The number of carbonyl (C=O) groups is 4. The predicted octanol–water partition coefficient (Wildman–Crippen LogP) is 2.77. The number of nitrogens with zero attached hydrogens (tertiary/aromatic N) is 4. The Kier molecular flexibility index (Phi) is 9.85. The highest BCUT2D eigenvalue weighted by Crippen LogP contribution is 2.28. The molecule has 11 nitrogen and oxygen atoms in total. The lowest BCUT2D eigenvalue weighted by Crippen LogP contribution is -2.59. The molecule has 1 aliphatic heterocycles. The van der Waals surface area contributed by atoms with E-state index in [0.717, 1.165) is 42.4 Å². The van der Waals surface area contributed by atoms with Crippen molar-refractivity contribution in [3.8, 4) is 0 Å². The molecule has 2 fully saturated rings. The van der Waals surface area contributed by atoms with E-state index in [4.69, 9.17) is 4.74 Å². The van der Waals surface area contributed by atoms with Crippen molar-refractivity contribution in [2.75, 3.05) is 46.9 Å². The molecule has 41 heavy (non-hydrogen) atoms. The van der Waals surface area contributed by atoms with Gasteiger partial charge < -0.3 is 29.5 Å². The molecular weight excluding hydrogens is 533 g/mol. The first kappa shape index (κ1) is 30.3. The van der Waals surface area contributed by atoms with Gasteiger partial charge >= 0.3 is 6.09 Å². The Morgan fingerprint density at radius 1 is 1.07 bits per heavy atom. The number of halogens is 1. The number of rotatable bonds is 9. The van der Waals surface area contributed by atoms with E-state index in [1.165, 1.54) is 26.1 Å². The minimum Gasteiger partial charge on any atom is -0.465 e. The van der Waals surface area contributed by atoms with Gasteiger partial charge in [0.05, 0.1) is 12.1 Å². The van der Waals surface area contributed by atoms with Gasteiger partial charge in [0.2, 0.25) is 11.8 Å². The SMILES string of the molecule is COCCn1c(C(=O)N2CCN(C(=O)[C@@H](NC(=O)[C@H](C)N(C)C(=O)O)C3CCCCC3)CC2)cc2ccc(F)cc21. The van der Waals surface area contributed by atoms with E-state index in [1.807, 2.05) is 0 Å². The van der Waals surface area contributed by atoms with E-state index in [1.54, 1.807) is 33.6 Å². The summed E-state index contributed by atoms with van der Waals surface area (Å²) < 4.78 is 21.0. The molecule has 1 aromatic carbocycles. The zero-order chi connectivity index (χ0) is 29.7. The fourth-order valence-corrected chi connectivity index (χ4v) is 5.78. The lowest BCUT2D eigenvalue weighted by atomic mass is 9.83. The third-order valence-corrected chi connectivity index (χ3v) is 8.43.